The third-order valence-corrected chi connectivity index (χ3v) is 7.73. The van der Waals surface area contributed by atoms with Crippen molar-refractivity contribution in [2.45, 2.75) is 37.9 Å². The molecule has 3 aromatic rings. The van der Waals surface area contributed by atoms with Gasteiger partial charge in [-0.05, 0) is 25.3 Å². The molecule has 0 bridgehead atoms. The molecule has 2 aromatic carbocycles. The van der Waals surface area contributed by atoms with Gasteiger partial charge in [-0.25, -0.2) is 0 Å². The number of anilines is 2. The fraction of sp³-hybridized carbons (Fsp3) is 0.462. The molecule has 1 aromatic heterocycles. The lowest BCUT2D eigenvalue weighted by Gasteiger charge is -2.39. The second kappa shape index (κ2) is 7.30. The highest BCUT2D eigenvalue weighted by molar-refractivity contribution is 6.28. The summed E-state index contributed by atoms with van der Waals surface area (Å²) in [6, 6.07) is 9.92. The molecule has 4 aliphatic rings. The number of nitrogens with zero attached hydrogens (tertiary/aromatic N) is 3. The standard InChI is InChI=1S/C26H27N3O4/c30-24-17-6-2-3-7-18(17)25-22-21(24)19(28-10-4-1-5-11-28)16-20(23(22)27-33-25)29-12-8-26(9-13-29)31-14-15-32-26/h2-3,6-7,16H,1,4-5,8-15H2. The lowest BCUT2D eigenvalue weighted by atomic mass is 9.85. The van der Waals surface area contributed by atoms with E-state index in [-0.39, 0.29) is 5.78 Å². The number of ketones is 1. The van der Waals surface area contributed by atoms with Gasteiger partial charge in [0.2, 0.25) is 0 Å². The average molecular weight is 446 g/mol. The summed E-state index contributed by atoms with van der Waals surface area (Å²) in [5.74, 6) is 0.357. The van der Waals surface area contributed by atoms with Crippen LogP contribution in [0.5, 0.6) is 0 Å². The smallest absolute Gasteiger partial charge is 0.196 e. The number of hydrogen-bond donors (Lipinski definition) is 0. The Balaban J connectivity index is 1.40. The molecule has 0 amide bonds. The zero-order valence-corrected chi connectivity index (χ0v) is 18.6. The third-order valence-electron chi connectivity index (χ3n) is 7.73. The van der Waals surface area contributed by atoms with Crippen LogP contribution in [0.4, 0.5) is 11.4 Å². The van der Waals surface area contributed by atoms with E-state index >= 15 is 0 Å². The minimum absolute atomic E-state index is 0.0729. The van der Waals surface area contributed by atoms with Crippen molar-refractivity contribution in [2.75, 3.05) is 49.2 Å². The molecule has 3 saturated heterocycles. The van der Waals surface area contributed by atoms with Gasteiger partial charge < -0.3 is 23.8 Å². The first-order valence-corrected chi connectivity index (χ1v) is 12.1. The lowest BCUT2D eigenvalue weighted by Crippen LogP contribution is -2.45. The zero-order chi connectivity index (χ0) is 22.0. The molecule has 4 heterocycles. The zero-order valence-electron chi connectivity index (χ0n) is 18.6. The van der Waals surface area contributed by atoms with E-state index in [0.717, 1.165) is 85.3 Å². The molecule has 7 heteroatoms. The Kier molecular flexibility index (Phi) is 4.33. The first-order valence-electron chi connectivity index (χ1n) is 12.1. The number of carbonyl (C=O) groups excluding carboxylic acids is 1. The van der Waals surface area contributed by atoms with E-state index in [1.807, 2.05) is 24.3 Å². The molecule has 0 saturated carbocycles. The van der Waals surface area contributed by atoms with Crippen LogP contribution in [0, 0.1) is 0 Å². The van der Waals surface area contributed by atoms with Gasteiger partial charge in [0.05, 0.1) is 35.5 Å². The fourth-order valence-corrected chi connectivity index (χ4v) is 6.02. The monoisotopic (exact) mass is 445 g/mol. The fourth-order valence-electron chi connectivity index (χ4n) is 6.02. The summed E-state index contributed by atoms with van der Waals surface area (Å²) in [5, 5.41) is 5.39. The minimum Gasteiger partial charge on any atom is -0.371 e. The van der Waals surface area contributed by atoms with Crippen LogP contribution in [0.1, 0.15) is 48.0 Å². The van der Waals surface area contributed by atoms with Crippen LogP contribution in [0.25, 0.3) is 22.2 Å². The van der Waals surface area contributed by atoms with E-state index in [4.69, 9.17) is 14.0 Å². The molecule has 33 heavy (non-hydrogen) atoms. The van der Waals surface area contributed by atoms with Gasteiger partial charge in [0.15, 0.2) is 17.3 Å². The van der Waals surface area contributed by atoms with Crippen LogP contribution in [0.3, 0.4) is 0 Å². The number of piperidine rings is 2. The lowest BCUT2D eigenvalue weighted by molar-refractivity contribution is -0.169. The van der Waals surface area contributed by atoms with Gasteiger partial charge in [-0.15, -0.1) is 0 Å². The molecule has 7 rings (SSSR count). The van der Waals surface area contributed by atoms with Gasteiger partial charge >= 0.3 is 0 Å². The molecule has 0 radical (unpaired) electrons. The Morgan fingerprint density at radius 2 is 1.55 bits per heavy atom. The highest BCUT2D eigenvalue weighted by Gasteiger charge is 2.41. The summed E-state index contributed by atoms with van der Waals surface area (Å²) >= 11 is 0. The molecule has 0 atom stereocenters. The molecular formula is C26H27N3O4. The van der Waals surface area contributed by atoms with Gasteiger partial charge in [-0.2, -0.15) is 0 Å². The number of aromatic nitrogens is 1. The average Bonchev–Trinajstić information content (AvgIpc) is 3.51. The molecule has 1 aliphatic carbocycles. The van der Waals surface area contributed by atoms with Crippen molar-refractivity contribution >= 4 is 28.1 Å². The van der Waals surface area contributed by atoms with Crippen molar-refractivity contribution in [3.8, 4) is 11.3 Å². The first-order chi connectivity index (χ1) is 16.2. The van der Waals surface area contributed by atoms with Crippen molar-refractivity contribution in [1.82, 2.24) is 5.16 Å². The van der Waals surface area contributed by atoms with E-state index in [1.165, 1.54) is 6.42 Å². The second-order valence-electron chi connectivity index (χ2n) is 9.54. The summed E-state index contributed by atoms with van der Waals surface area (Å²) in [7, 11) is 0. The molecule has 0 N–H and O–H groups in total. The van der Waals surface area contributed by atoms with E-state index < -0.39 is 5.79 Å². The highest BCUT2D eigenvalue weighted by Crippen LogP contribution is 2.47. The van der Waals surface area contributed by atoms with Gasteiger partial charge in [-0.1, -0.05) is 29.4 Å². The Labute approximate surface area is 192 Å². The normalized spacial score (nSPS) is 21.8. The summed E-state index contributed by atoms with van der Waals surface area (Å²) in [4.78, 5) is 18.5. The largest absolute Gasteiger partial charge is 0.371 e. The van der Waals surface area contributed by atoms with Crippen LogP contribution in [-0.4, -0.2) is 56.1 Å². The molecule has 3 fully saturated rings. The maximum absolute atomic E-state index is 13.8. The van der Waals surface area contributed by atoms with Crippen LogP contribution in [-0.2, 0) is 9.47 Å². The number of fused-ring (bicyclic) bond motifs is 2. The predicted molar refractivity (Wildman–Crippen MR) is 125 cm³/mol. The molecule has 1 spiro atoms. The van der Waals surface area contributed by atoms with Crippen molar-refractivity contribution in [3.05, 3.63) is 41.5 Å². The first kappa shape index (κ1) is 19.6. The summed E-state index contributed by atoms with van der Waals surface area (Å²) in [6.45, 7) is 4.93. The van der Waals surface area contributed by atoms with E-state index in [9.17, 15) is 4.79 Å². The molecule has 3 aliphatic heterocycles. The number of ether oxygens (including phenoxy) is 2. The molecule has 0 unspecified atom stereocenters. The maximum Gasteiger partial charge on any atom is 0.196 e. The number of carbonyl (C=O) groups is 1. The van der Waals surface area contributed by atoms with Gasteiger partial charge in [-0.3, -0.25) is 4.79 Å². The van der Waals surface area contributed by atoms with E-state index in [2.05, 4.69) is 21.0 Å². The molecule has 7 nitrogen and oxygen atoms in total. The van der Waals surface area contributed by atoms with Gasteiger partial charge in [0.1, 0.15) is 5.52 Å². The quantitative estimate of drug-likeness (QED) is 0.454. The Morgan fingerprint density at radius 3 is 2.30 bits per heavy atom. The highest BCUT2D eigenvalue weighted by atomic mass is 16.7. The number of rotatable bonds is 2. The third kappa shape index (κ3) is 2.88. The van der Waals surface area contributed by atoms with Crippen LogP contribution in [0.15, 0.2) is 34.9 Å². The number of benzene rings is 2. The van der Waals surface area contributed by atoms with Crippen molar-refractivity contribution in [1.29, 1.82) is 0 Å². The molecule has 170 valence electrons. The van der Waals surface area contributed by atoms with Crippen LogP contribution in [0.2, 0.25) is 0 Å². The summed E-state index contributed by atoms with van der Waals surface area (Å²) < 4.78 is 17.8. The predicted octanol–water partition coefficient (Wildman–Crippen LogP) is 4.37. The topological polar surface area (TPSA) is 68.0 Å². The van der Waals surface area contributed by atoms with E-state index in [1.54, 1.807) is 0 Å². The Bertz CT molecular complexity index is 1240. The van der Waals surface area contributed by atoms with Gasteiger partial charge in [0.25, 0.3) is 0 Å². The maximum atomic E-state index is 13.8. The Morgan fingerprint density at radius 1 is 0.848 bits per heavy atom. The minimum atomic E-state index is -0.430. The van der Waals surface area contributed by atoms with E-state index in [0.29, 0.717) is 24.5 Å². The van der Waals surface area contributed by atoms with Crippen LogP contribution >= 0.6 is 0 Å². The molecular weight excluding hydrogens is 418 g/mol. The van der Waals surface area contributed by atoms with Crippen molar-refractivity contribution in [3.63, 3.8) is 0 Å². The van der Waals surface area contributed by atoms with Crippen LogP contribution < -0.4 is 9.80 Å². The van der Waals surface area contributed by atoms with Crippen molar-refractivity contribution < 1.29 is 18.8 Å². The SMILES string of the molecule is O=C1c2ccccc2-c2onc3c(N4CCC5(CC4)OCCO5)cc(N4CCCCC4)c1c23. The van der Waals surface area contributed by atoms with Crippen molar-refractivity contribution in [2.24, 2.45) is 0 Å². The Hall–Kier alpha value is -2.90. The summed E-state index contributed by atoms with van der Waals surface area (Å²) in [5.41, 5.74) is 5.14. The second-order valence-corrected chi connectivity index (χ2v) is 9.54. The van der Waals surface area contributed by atoms with Gasteiger partial charge in [0, 0.05) is 50.1 Å². The number of hydrogen-bond acceptors (Lipinski definition) is 7. The summed E-state index contributed by atoms with van der Waals surface area (Å²) in [6.07, 6.45) is 5.18.